The number of ether oxygens (including phenoxy) is 1. The Kier molecular flexibility index (Phi) is 4.32. The van der Waals surface area contributed by atoms with E-state index in [0.717, 1.165) is 11.1 Å². The molecule has 0 unspecified atom stereocenters. The predicted molar refractivity (Wildman–Crippen MR) is 90.5 cm³/mol. The first-order chi connectivity index (χ1) is 11.7. The minimum Gasteiger partial charge on any atom is -0.448 e. The summed E-state index contributed by atoms with van der Waals surface area (Å²) >= 11 is 0. The summed E-state index contributed by atoms with van der Waals surface area (Å²) in [7, 11) is -3.79. The Morgan fingerprint density at radius 3 is 2.52 bits per heavy atom. The third-order valence-electron chi connectivity index (χ3n) is 3.88. The maximum absolute atomic E-state index is 12.3. The van der Waals surface area contributed by atoms with E-state index < -0.39 is 28.0 Å². The number of anilines is 1. The van der Waals surface area contributed by atoms with Gasteiger partial charge in [0.2, 0.25) is 10.0 Å². The number of carbonyl (C=O) groups is 2. The third kappa shape index (κ3) is 3.70. The van der Waals surface area contributed by atoms with Crippen LogP contribution in [-0.4, -0.2) is 26.4 Å². The van der Waals surface area contributed by atoms with Gasteiger partial charge in [-0.2, -0.15) is 0 Å². The second-order valence-electron chi connectivity index (χ2n) is 5.82. The summed E-state index contributed by atoms with van der Waals surface area (Å²) in [6, 6.07) is 10.8. The Labute approximate surface area is 144 Å². The number of carbonyl (C=O) groups excluding carboxylic acids is 2. The number of benzene rings is 2. The van der Waals surface area contributed by atoms with Crippen LogP contribution in [0, 0.1) is 6.92 Å². The summed E-state index contributed by atoms with van der Waals surface area (Å²) in [5, 5.41) is 7.62. The highest BCUT2D eigenvalue weighted by Gasteiger charge is 2.31. The van der Waals surface area contributed by atoms with E-state index in [1.54, 1.807) is 6.07 Å². The molecular formula is C17H16N2O5S. The number of hydrogen-bond donors (Lipinski definition) is 2. The minimum atomic E-state index is -3.79. The largest absolute Gasteiger partial charge is 0.448 e. The number of esters is 1. The molecule has 0 saturated heterocycles. The van der Waals surface area contributed by atoms with Gasteiger partial charge in [0.05, 0.1) is 10.5 Å². The quantitative estimate of drug-likeness (QED) is 0.802. The molecule has 1 atom stereocenters. The number of rotatable bonds is 3. The highest BCUT2D eigenvalue weighted by atomic mass is 32.2. The molecular weight excluding hydrogens is 344 g/mol. The lowest BCUT2D eigenvalue weighted by Gasteiger charge is -2.24. The molecule has 25 heavy (non-hydrogen) atoms. The van der Waals surface area contributed by atoms with Gasteiger partial charge in [-0.05, 0) is 42.8 Å². The molecule has 1 aliphatic rings. The molecule has 0 radical (unpaired) electrons. The van der Waals surface area contributed by atoms with Gasteiger partial charge in [-0.1, -0.05) is 17.7 Å². The molecule has 0 aromatic heterocycles. The number of fused-ring (bicyclic) bond motifs is 1. The molecule has 0 fully saturated rings. The topological polar surface area (TPSA) is 116 Å². The van der Waals surface area contributed by atoms with Gasteiger partial charge in [-0.15, -0.1) is 0 Å². The Balaban J connectivity index is 1.74. The fourth-order valence-corrected chi connectivity index (χ4v) is 3.10. The van der Waals surface area contributed by atoms with E-state index in [2.05, 4.69) is 5.32 Å². The molecule has 0 aliphatic carbocycles. The number of hydrogen-bond acceptors (Lipinski definition) is 5. The van der Waals surface area contributed by atoms with Crippen molar-refractivity contribution < 1.29 is 22.7 Å². The maximum Gasteiger partial charge on any atom is 0.339 e. The second kappa shape index (κ2) is 6.30. The van der Waals surface area contributed by atoms with E-state index in [9.17, 15) is 18.0 Å². The summed E-state index contributed by atoms with van der Waals surface area (Å²) in [6.07, 6.45) is -0.664. The van der Waals surface area contributed by atoms with Gasteiger partial charge < -0.3 is 10.1 Å². The van der Waals surface area contributed by atoms with Crippen molar-refractivity contribution >= 4 is 27.6 Å². The van der Waals surface area contributed by atoms with Gasteiger partial charge in [0.25, 0.3) is 5.91 Å². The summed E-state index contributed by atoms with van der Waals surface area (Å²) in [5.74, 6) is -1.02. The Morgan fingerprint density at radius 1 is 1.20 bits per heavy atom. The molecule has 1 amide bonds. The lowest BCUT2D eigenvalue weighted by atomic mass is 9.96. The molecule has 3 N–H and O–H groups in total. The predicted octanol–water partition coefficient (Wildman–Crippen LogP) is 1.36. The van der Waals surface area contributed by atoms with Crippen LogP contribution in [0.5, 0.6) is 0 Å². The Morgan fingerprint density at radius 2 is 1.88 bits per heavy atom. The van der Waals surface area contributed by atoms with Crippen LogP contribution in [0.2, 0.25) is 0 Å². The number of nitrogens with two attached hydrogens (primary N) is 1. The number of cyclic esters (lactones) is 1. The van der Waals surface area contributed by atoms with E-state index in [-0.39, 0.29) is 11.3 Å². The van der Waals surface area contributed by atoms with Crippen LogP contribution in [0.3, 0.4) is 0 Å². The van der Waals surface area contributed by atoms with Gasteiger partial charge in [-0.25, -0.2) is 18.4 Å². The molecule has 2 aromatic rings. The van der Waals surface area contributed by atoms with Crippen molar-refractivity contribution in [3.05, 3.63) is 59.2 Å². The maximum atomic E-state index is 12.3. The van der Waals surface area contributed by atoms with Crippen LogP contribution in [0.15, 0.2) is 47.4 Å². The van der Waals surface area contributed by atoms with Crippen LogP contribution < -0.4 is 10.5 Å². The highest BCUT2D eigenvalue weighted by Crippen LogP contribution is 2.23. The molecule has 3 rings (SSSR count). The smallest absolute Gasteiger partial charge is 0.339 e. The zero-order valence-electron chi connectivity index (χ0n) is 13.4. The number of primary sulfonamides is 1. The van der Waals surface area contributed by atoms with Gasteiger partial charge in [0.1, 0.15) is 0 Å². The fourth-order valence-electron chi connectivity index (χ4n) is 2.59. The van der Waals surface area contributed by atoms with Crippen molar-refractivity contribution in [3.63, 3.8) is 0 Å². The molecule has 1 aliphatic heterocycles. The summed E-state index contributed by atoms with van der Waals surface area (Å²) in [6.45, 7) is 1.87. The van der Waals surface area contributed by atoms with Crippen molar-refractivity contribution in [2.24, 2.45) is 5.14 Å². The molecule has 2 aromatic carbocycles. The normalized spacial score (nSPS) is 16.7. The van der Waals surface area contributed by atoms with Crippen molar-refractivity contribution in [1.82, 2.24) is 0 Å². The fraction of sp³-hybridized carbons (Fsp3) is 0.176. The average molecular weight is 360 g/mol. The van der Waals surface area contributed by atoms with Gasteiger partial charge in [0, 0.05) is 12.1 Å². The van der Waals surface area contributed by atoms with Gasteiger partial charge in [0.15, 0.2) is 6.10 Å². The molecule has 0 bridgehead atoms. The first kappa shape index (κ1) is 17.1. The summed E-state index contributed by atoms with van der Waals surface area (Å²) in [5.41, 5.74) is 2.55. The van der Waals surface area contributed by atoms with Crippen LogP contribution in [0.4, 0.5) is 5.69 Å². The van der Waals surface area contributed by atoms with Crippen molar-refractivity contribution in [1.29, 1.82) is 0 Å². The van der Waals surface area contributed by atoms with E-state index in [1.165, 1.54) is 24.3 Å². The SMILES string of the molecule is Cc1ccc2c(c1)C(=O)O[C@@H](C(=O)Nc1ccc(S(N)(=O)=O)cc1)C2. The van der Waals surface area contributed by atoms with Crippen LogP contribution >= 0.6 is 0 Å². The van der Waals surface area contributed by atoms with E-state index >= 15 is 0 Å². The number of sulfonamides is 1. The van der Waals surface area contributed by atoms with Crippen LogP contribution in [0.1, 0.15) is 21.5 Å². The molecule has 1 heterocycles. The Hall–Kier alpha value is -2.71. The molecule has 7 nitrogen and oxygen atoms in total. The molecule has 8 heteroatoms. The molecule has 0 spiro atoms. The summed E-state index contributed by atoms with van der Waals surface area (Å²) in [4.78, 5) is 24.4. The number of amides is 1. The zero-order chi connectivity index (χ0) is 18.2. The van der Waals surface area contributed by atoms with E-state index in [1.807, 2.05) is 19.1 Å². The van der Waals surface area contributed by atoms with E-state index in [0.29, 0.717) is 11.3 Å². The standard InChI is InChI=1S/C17H16N2O5S/c1-10-2-3-11-9-15(24-17(21)14(11)8-10)16(20)19-12-4-6-13(7-5-12)25(18,22)23/h2-8,15H,9H2,1H3,(H,19,20)(H2,18,22,23)/t15-/m1/s1. The minimum absolute atomic E-state index is 0.0566. The monoisotopic (exact) mass is 360 g/mol. The highest BCUT2D eigenvalue weighted by molar-refractivity contribution is 7.89. The van der Waals surface area contributed by atoms with Gasteiger partial charge >= 0.3 is 5.97 Å². The van der Waals surface area contributed by atoms with E-state index in [4.69, 9.17) is 9.88 Å². The first-order valence-corrected chi connectivity index (χ1v) is 9.03. The van der Waals surface area contributed by atoms with Crippen molar-refractivity contribution in [2.45, 2.75) is 24.3 Å². The van der Waals surface area contributed by atoms with Crippen LogP contribution in [0.25, 0.3) is 0 Å². The number of aryl methyl sites for hydroxylation is 1. The van der Waals surface area contributed by atoms with Gasteiger partial charge in [-0.3, -0.25) is 4.79 Å². The van der Waals surface area contributed by atoms with Crippen molar-refractivity contribution in [2.75, 3.05) is 5.32 Å². The van der Waals surface area contributed by atoms with Crippen molar-refractivity contribution in [3.8, 4) is 0 Å². The lowest BCUT2D eigenvalue weighted by molar-refractivity contribution is -0.125. The zero-order valence-corrected chi connectivity index (χ0v) is 14.2. The second-order valence-corrected chi connectivity index (χ2v) is 7.38. The third-order valence-corrected chi connectivity index (χ3v) is 4.81. The average Bonchev–Trinajstić information content (AvgIpc) is 2.55. The molecule has 130 valence electrons. The lowest BCUT2D eigenvalue weighted by Crippen LogP contribution is -2.38. The molecule has 0 saturated carbocycles. The Bertz CT molecular complexity index is 952. The van der Waals surface area contributed by atoms with Crippen LogP contribution in [-0.2, 0) is 26.0 Å². The summed E-state index contributed by atoms with van der Waals surface area (Å²) < 4.78 is 27.7. The number of nitrogens with one attached hydrogen (secondary N) is 1. The first-order valence-electron chi connectivity index (χ1n) is 7.48.